The van der Waals surface area contributed by atoms with Crippen LogP contribution in [0, 0.1) is 0 Å². The Labute approximate surface area is 207 Å². The summed E-state index contributed by atoms with van der Waals surface area (Å²) in [5, 5.41) is 16.0. The van der Waals surface area contributed by atoms with E-state index in [0.717, 1.165) is 22.0 Å². The minimum Gasteiger partial charge on any atom is -0.480 e. The average Bonchev–Trinajstić information content (AvgIpc) is 3.54. The van der Waals surface area contributed by atoms with Gasteiger partial charge in [0.1, 0.15) is 12.1 Å². The summed E-state index contributed by atoms with van der Waals surface area (Å²) in [5.41, 5.74) is 9.23. The molecular weight excluding hydrogens is 460 g/mol. The molecule has 4 rings (SSSR count). The van der Waals surface area contributed by atoms with Crippen molar-refractivity contribution in [3.05, 3.63) is 90.1 Å². The number of fused-ring (bicyclic) bond motifs is 1. The topological polar surface area (TPSA) is 166 Å². The van der Waals surface area contributed by atoms with E-state index in [-0.39, 0.29) is 12.8 Å². The van der Waals surface area contributed by atoms with Crippen LogP contribution in [0.1, 0.15) is 16.8 Å². The van der Waals surface area contributed by atoms with Gasteiger partial charge >= 0.3 is 5.97 Å². The van der Waals surface area contributed by atoms with Crippen LogP contribution >= 0.6 is 0 Å². The molecule has 0 saturated carbocycles. The number of carboxylic acids is 1. The number of imidazole rings is 1. The van der Waals surface area contributed by atoms with Gasteiger partial charge in [0.15, 0.2) is 0 Å². The predicted molar refractivity (Wildman–Crippen MR) is 134 cm³/mol. The SMILES string of the molecule is NC(Cc1ccccc1)C(=O)NC(Cc1cnc[nH]1)C(=O)NC(Cc1c[nH]c2ccccc12)C(=O)O. The maximum Gasteiger partial charge on any atom is 0.326 e. The first-order valence-electron chi connectivity index (χ1n) is 11.6. The van der Waals surface area contributed by atoms with E-state index in [1.165, 1.54) is 12.5 Å². The number of carbonyl (C=O) groups excluding carboxylic acids is 2. The Morgan fingerprint density at radius 1 is 0.889 bits per heavy atom. The van der Waals surface area contributed by atoms with Crippen molar-refractivity contribution in [2.75, 3.05) is 0 Å². The van der Waals surface area contributed by atoms with Crippen molar-refractivity contribution in [3.8, 4) is 0 Å². The molecule has 2 aromatic carbocycles. The summed E-state index contributed by atoms with van der Waals surface area (Å²) >= 11 is 0. The van der Waals surface area contributed by atoms with Gasteiger partial charge < -0.3 is 31.4 Å². The van der Waals surface area contributed by atoms with Crippen molar-refractivity contribution >= 4 is 28.7 Å². The molecule has 0 saturated heterocycles. The Kier molecular flexibility index (Phi) is 7.76. The summed E-state index contributed by atoms with van der Waals surface area (Å²) in [6.45, 7) is 0. The van der Waals surface area contributed by atoms with E-state index in [0.29, 0.717) is 12.1 Å². The van der Waals surface area contributed by atoms with Crippen LogP contribution < -0.4 is 16.4 Å². The van der Waals surface area contributed by atoms with Gasteiger partial charge in [-0.15, -0.1) is 0 Å². The van der Waals surface area contributed by atoms with Crippen LogP contribution in [0.2, 0.25) is 0 Å². The molecule has 3 unspecified atom stereocenters. The Hall–Kier alpha value is -4.44. The van der Waals surface area contributed by atoms with Gasteiger partial charge in [-0.1, -0.05) is 48.5 Å². The Bertz CT molecular complexity index is 1320. The van der Waals surface area contributed by atoms with E-state index in [4.69, 9.17) is 5.73 Å². The molecule has 0 aliphatic rings. The van der Waals surface area contributed by atoms with Gasteiger partial charge in [-0.3, -0.25) is 9.59 Å². The van der Waals surface area contributed by atoms with Crippen molar-refractivity contribution in [2.45, 2.75) is 37.4 Å². The number of amides is 2. The molecule has 0 bridgehead atoms. The number of hydrogen-bond donors (Lipinski definition) is 6. The summed E-state index contributed by atoms with van der Waals surface area (Å²) in [4.78, 5) is 48.1. The number of aromatic amines is 2. The number of carbonyl (C=O) groups is 3. The highest BCUT2D eigenvalue weighted by molar-refractivity contribution is 5.92. The Balaban J connectivity index is 1.47. The van der Waals surface area contributed by atoms with Crippen molar-refractivity contribution in [2.24, 2.45) is 5.73 Å². The fourth-order valence-corrected chi connectivity index (χ4v) is 4.06. The van der Waals surface area contributed by atoms with E-state index >= 15 is 0 Å². The Morgan fingerprint density at radius 3 is 2.33 bits per heavy atom. The first-order chi connectivity index (χ1) is 17.4. The van der Waals surface area contributed by atoms with Crippen LogP contribution in [-0.4, -0.2) is 56.0 Å². The third-order valence-corrected chi connectivity index (χ3v) is 5.96. The molecule has 0 radical (unpaired) electrons. The van der Waals surface area contributed by atoms with E-state index in [1.807, 2.05) is 54.6 Å². The minimum atomic E-state index is -1.20. The monoisotopic (exact) mass is 488 g/mol. The number of nitrogens with zero attached hydrogens (tertiary/aromatic N) is 1. The molecule has 36 heavy (non-hydrogen) atoms. The quantitative estimate of drug-likeness (QED) is 0.186. The van der Waals surface area contributed by atoms with E-state index in [9.17, 15) is 19.5 Å². The van der Waals surface area contributed by atoms with Gasteiger partial charge in [0.05, 0.1) is 12.4 Å². The van der Waals surface area contributed by atoms with Crippen LogP contribution in [0.15, 0.2) is 73.3 Å². The van der Waals surface area contributed by atoms with Gasteiger partial charge in [-0.2, -0.15) is 0 Å². The van der Waals surface area contributed by atoms with Crippen LogP contribution in [-0.2, 0) is 33.6 Å². The highest BCUT2D eigenvalue weighted by atomic mass is 16.4. The number of H-pyrrole nitrogens is 2. The number of aromatic nitrogens is 3. The molecule has 2 amide bonds. The number of rotatable bonds is 11. The van der Waals surface area contributed by atoms with Crippen LogP contribution in [0.3, 0.4) is 0 Å². The van der Waals surface area contributed by atoms with E-state index < -0.39 is 35.9 Å². The lowest BCUT2D eigenvalue weighted by atomic mass is 10.0. The average molecular weight is 489 g/mol. The minimum absolute atomic E-state index is 0.0727. The summed E-state index contributed by atoms with van der Waals surface area (Å²) in [7, 11) is 0. The van der Waals surface area contributed by atoms with Crippen LogP contribution in [0.5, 0.6) is 0 Å². The summed E-state index contributed by atoms with van der Waals surface area (Å²) in [6.07, 6.45) is 5.20. The smallest absolute Gasteiger partial charge is 0.326 e. The molecule has 7 N–H and O–H groups in total. The second kappa shape index (κ2) is 11.3. The third kappa shape index (κ3) is 6.16. The molecule has 4 aromatic rings. The van der Waals surface area contributed by atoms with Gasteiger partial charge in [-0.25, -0.2) is 9.78 Å². The molecule has 0 fully saturated rings. The molecule has 2 heterocycles. The van der Waals surface area contributed by atoms with Gasteiger partial charge in [-0.05, 0) is 23.6 Å². The fraction of sp³-hybridized carbons (Fsp3) is 0.231. The summed E-state index contributed by atoms with van der Waals surface area (Å²) in [5.74, 6) is -2.32. The van der Waals surface area contributed by atoms with Gasteiger partial charge in [0.25, 0.3) is 0 Å². The van der Waals surface area contributed by atoms with E-state index in [1.54, 1.807) is 6.20 Å². The standard InChI is InChI=1S/C26H28N6O4/c27-20(10-16-6-2-1-3-7-16)24(33)31-22(12-18-14-28-15-30-18)25(34)32-23(26(35)36)11-17-13-29-21-9-5-4-8-19(17)21/h1-9,13-15,20,22-23,29H,10-12,27H2,(H,28,30)(H,31,33)(H,32,34)(H,35,36). The first kappa shape index (κ1) is 24.7. The number of nitrogens with two attached hydrogens (primary N) is 1. The zero-order valence-electron chi connectivity index (χ0n) is 19.5. The molecule has 10 heteroatoms. The molecule has 0 aliphatic carbocycles. The lowest BCUT2D eigenvalue weighted by Crippen LogP contribution is -2.56. The third-order valence-electron chi connectivity index (χ3n) is 5.96. The maximum absolute atomic E-state index is 13.2. The second-order valence-corrected chi connectivity index (χ2v) is 8.60. The van der Waals surface area contributed by atoms with Crippen molar-refractivity contribution in [1.82, 2.24) is 25.6 Å². The molecule has 10 nitrogen and oxygen atoms in total. The molecule has 186 valence electrons. The summed E-state index contributed by atoms with van der Waals surface area (Å²) in [6, 6.07) is 13.7. The number of carboxylic acid groups (broad SMARTS) is 1. The van der Waals surface area contributed by atoms with Gasteiger partial charge in [0, 0.05) is 41.8 Å². The van der Waals surface area contributed by atoms with Crippen LogP contribution in [0.4, 0.5) is 0 Å². The Morgan fingerprint density at radius 2 is 1.61 bits per heavy atom. The molecular formula is C26H28N6O4. The lowest BCUT2D eigenvalue weighted by molar-refractivity contribution is -0.142. The molecule has 3 atom stereocenters. The number of nitrogens with one attached hydrogen (secondary N) is 4. The number of hydrogen-bond acceptors (Lipinski definition) is 5. The number of para-hydroxylation sites is 1. The first-order valence-corrected chi connectivity index (χ1v) is 11.6. The molecule has 0 aliphatic heterocycles. The highest BCUT2D eigenvalue weighted by Gasteiger charge is 2.29. The second-order valence-electron chi connectivity index (χ2n) is 8.60. The van der Waals surface area contributed by atoms with Crippen molar-refractivity contribution in [3.63, 3.8) is 0 Å². The zero-order chi connectivity index (χ0) is 25.5. The molecule has 2 aromatic heterocycles. The zero-order valence-corrected chi connectivity index (χ0v) is 19.5. The normalized spacial score (nSPS) is 13.6. The predicted octanol–water partition coefficient (Wildman–Crippen LogP) is 1.30. The summed E-state index contributed by atoms with van der Waals surface area (Å²) < 4.78 is 0. The number of aliphatic carboxylic acids is 1. The fourth-order valence-electron chi connectivity index (χ4n) is 4.06. The van der Waals surface area contributed by atoms with Crippen molar-refractivity contribution < 1.29 is 19.5 Å². The lowest BCUT2D eigenvalue weighted by Gasteiger charge is -2.22. The van der Waals surface area contributed by atoms with Crippen molar-refractivity contribution in [1.29, 1.82) is 0 Å². The van der Waals surface area contributed by atoms with E-state index in [2.05, 4.69) is 25.6 Å². The van der Waals surface area contributed by atoms with Gasteiger partial charge in [0.2, 0.25) is 11.8 Å². The van der Waals surface area contributed by atoms with Crippen LogP contribution in [0.25, 0.3) is 10.9 Å². The maximum atomic E-state index is 13.2. The largest absolute Gasteiger partial charge is 0.480 e. The highest BCUT2D eigenvalue weighted by Crippen LogP contribution is 2.19. The number of benzene rings is 2. The molecule has 0 spiro atoms.